The predicted octanol–water partition coefficient (Wildman–Crippen LogP) is 2.85. The van der Waals surface area contributed by atoms with Gasteiger partial charge in [-0.05, 0) is 39.0 Å². The van der Waals surface area contributed by atoms with Crippen LogP contribution in [-0.4, -0.2) is 55.7 Å². The van der Waals surface area contributed by atoms with Crippen molar-refractivity contribution in [1.29, 1.82) is 0 Å². The van der Waals surface area contributed by atoms with E-state index in [4.69, 9.17) is 9.15 Å². The van der Waals surface area contributed by atoms with Crippen LogP contribution in [0.2, 0.25) is 0 Å². The van der Waals surface area contributed by atoms with Gasteiger partial charge >= 0.3 is 6.09 Å². The monoisotopic (exact) mass is 359 g/mol. The van der Waals surface area contributed by atoms with Gasteiger partial charge < -0.3 is 24.3 Å². The van der Waals surface area contributed by atoms with Crippen LogP contribution in [0.3, 0.4) is 0 Å². The van der Waals surface area contributed by atoms with E-state index < -0.39 is 5.60 Å². The van der Waals surface area contributed by atoms with Gasteiger partial charge in [0.2, 0.25) is 0 Å². The van der Waals surface area contributed by atoms with Crippen molar-refractivity contribution in [1.82, 2.24) is 10.2 Å². The van der Waals surface area contributed by atoms with Gasteiger partial charge in [0.05, 0.1) is 0 Å². The number of anilines is 1. The van der Waals surface area contributed by atoms with Gasteiger partial charge in [-0.2, -0.15) is 0 Å². The molecule has 3 rings (SSSR count). The van der Waals surface area contributed by atoms with Gasteiger partial charge in [-0.15, -0.1) is 0 Å². The van der Waals surface area contributed by atoms with Crippen molar-refractivity contribution in [2.24, 2.45) is 0 Å². The summed E-state index contributed by atoms with van der Waals surface area (Å²) in [4.78, 5) is 28.0. The molecule has 1 aliphatic rings. The molecule has 2 amide bonds. The molecule has 7 heteroatoms. The first-order chi connectivity index (χ1) is 12.3. The van der Waals surface area contributed by atoms with E-state index in [9.17, 15) is 9.59 Å². The van der Waals surface area contributed by atoms with Crippen molar-refractivity contribution >= 4 is 28.7 Å². The molecule has 140 valence electrons. The number of nitrogens with zero attached hydrogens (tertiary/aromatic N) is 2. The molecule has 7 nitrogen and oxygen atoms in total. The number of hydrogen-bond donors (Lipinski definition) is 1. The number of ether oxygens (including phenoxy) is 1. The molecule has 1 fully saturated rings. The molecule has 1 aromatic carbocycles. The molecule has 26 heavy (non-hydrogen) atoms. The Labute approximate surface area is 152 Å². The van der Waals surface area contributed by atoms with E-state index in [2.05, 4.69) is 10.2 Å². The van der Waals surface area contributed by atoms with Crippen molar-refractivity contribution in [3.63, 3.8) is 0 Å². The fraction of sp³-hybridized carbons (Fsp3) is 0.474. The minimum Gasteiger partial charge on any atom is -0.451 e. The highest BCUT2D eigenvalue weighted by molar-refractivity contribution is 6.00. The Morgan fingerprint density at radius 3 is 2.46 bits per heavy atom. The summed E-state index contributed by atoms with van der Waals surface area (Å²) in [5.41, 5.74) is 1.19. The van der Waals surface area contributed by atoms with E-state index in [1.54, 1.807) is 18.0 Å². The third-order valence-electron chi connectivity index (χ3n) is 4.26. The molecular weight excluding hydrogens is 334 g/mol. The lowest BCUT2D eigenvalue weighted by molar-refractivity contribution is 0.0240. The first kappa shape index (κ1) is 18.1. The molecule has 0 unspecified atom stereocenters. The fourth-order valence-electron chi connectivity index (χ4n) is 3.01. The highest BCUT2D eigenvalue weighted by atomic mass is 16.6. The van der Waals surface area contributed by atoms with E-state index in [1.165, 1.54) is 0 Å². The van der Waals surface area contributed by atoms with Gasteiger partial charge in [-0.25, -0.2) is 4.79 Å². The van der Waals surface area contributed by atoms with Gasteiger partial charge in [-0.1, -0.05) is 6.07 Å². The maximum Gasteiger partial charge on any atom is 0.410 e. The molecule has 0 aliphatic carbocycles. The number of benzene rings is 1. The standard InChI is InChI=1S/C19H25N3O4/c1-19(2,3)26-18(24)22-10-8-21(9-11-22)14-6-5-7-15-13(14)12-16(25-15)17(23)20-4/h5-7,12H,8-11H2,1-4H3,(H,20,23). The molecule has 0 bridgehead atoms. The third-order valence-corrected chi connectivity index (χ3v) is 4.26. The molecule has 1 N–H and O–H groups in total. The summed E-state index contributed by atoms with van der Waals surface area (Å²) < 4.78 is 11.1. The molecule has 0 saturated carbocycles. The van der Waals surface area contributed by atoms with E-state index in [0.29, 0.717) is 37.5 Å². The van der Waals surface area contributed by atoms with Gasteiger partial charge in [0.25, 0.3) is 5.91 Å². The molecule has 1 aromatic heterocycles. The van der Waals surface area contributed by atoms with Crippen molar-refractivity contribution in [2.75, 3.05) is 38.1 Å². The number of piperazine rings is 1. The van der Waals surface area contributed by atoms with E-state index >= 15 is 0 Å². The SMILES string of the molecule is CNC(=O)c1cc2c(N3CCN(C(=O)OC(C)(C)C)CC3)cccc2o1. The molecular formula is C19H25N3O4. The van der Waals surface area contributed by atoms with Gasteiger partial charge in [0.15, 0.2) is 5.76 Å². The minimum atomic E-state index is -0.493. The summed E-state index contributed by atoms with van der Waals surface area (Å²) >= 11 is 0. The lowest BCUT2D eigenvalue weighted by Crippen LogP contribution is -2.50. The second kappa shape index (κ2) is 6.90. The largest absolute Gasteiger partial charge is 0.451 e. The van der Waals surface area contributed by atoms with Crippen LogP contribution >= 0.6 is 0 Å². The van der Waals surface area contributed by atoms with Crippen molar-refractivity contribution < 1.29 is 18.7 Å². The summed E-state index contributed by atoms with van der Waals surface area (Å²) in [6.45, 7) is 8.16. The van der Waals surface area contributed by atoms with Gasteiger partial charge in [0, 0.05) is 44.3 Å². The number of nitrogens with one attached hydrogen (secondary N) is 1. The molecule has 1 aliphatic heterocycles. The third kappa shape index (κ3) is 3.76. The van der Waals surface area contributed by atoms with Crippen molar-refractivity contribution in [3.8, 4) is 0 Å². The average Bonchev–Trinajstić information content (AvgIpc) is 3.04. The first-order valence-electron chi connectivity index (χ1n) is 8.76. The lowest BCUT2D eigenvalue weighted by atomic mass is 10.1. The lowest BCUT2D eigenvalue weighted by Gasteiger charge is -2.37. The molecule has 0 spiro atoms. The zero-order chi connectivity index (χ0) is 18.9. The Morgan fingerprint density at radius 1 is 1.15 bits per heavy atom. The van der Waals surface area contributed by atoms with Crippen LogP contribution in [-0.2, 0) is 4.74 Å². The predicted molar refractivity (Wildman–Crippen MR) is 99.6 cm³/mol. The number of carbonyl (C=O) groups excluding carboxylic acids is 2. The van der Waals surface area contributed by atoms with E-state index in [-0.39, 0.29) is 12.0 Å². The normalized spacial score (nSPS) is 15.2. The van der Waals surface area contributed by atoms with Crippen LogP contribution < -0.4 is 10.2 Å². The van der Waals surface area contributed by atoms with Crippen LogP contribution in [0.1, 0.15) is 31.3 Å². The molecule has 2 aromatic rings. The Kier molecular flexibility index (Phi) is 4.80. The Hall–Kier alpha value is -2.70. The van der Waals surface area contributed by atoms with E-state index in [0.717, 1.165) is 11.1 Å². The van der Waals surface area contributed by atoms with Crippen LogP contribution in [0, 0.1) is 0 Å². The summed E-state index contributed by atoms with van der Waals surface area (Å²) in [5.74, 6) is 0.0456. The molecule has 2 heterocycles. The number of amides is 2. The second-order valence-electron chi connectivity index (χ2n) is 7.33. The van der Waals surface area contributed by atoms with E-state index in [1.807, 2.05) is 39.0 Å². The zero-order valence-electron chi connectivity index (χ0n) is 15.7. The summed E-state index contributed by atoms with van der Waals surface area (Å²) in [7, 11) is 1.58. The van der Waals surface area contributed by atoms with Crippen LogP contribution in [0.4, 0.5) is 10.5 Å². The van der Waals surface area contributed by atoms with Crippen LogP contribution in [0.25, 0.3) is 11.0 Å². The van der Waals surface area contributed by atoms with Crippen molar-refractivity contribution in [2.45, 2.75) is 26.4 Å². The number of carbonyl (C=O) groups is 2. The van der Waals surface area contributed by atoms with Gasteiger partial charge in [0.1, 0.15) is 11.2 Å². The average molecular weight is 359 g/mol. The quantitative estimate of drug-likeness (QED) is 0.892. The Morgan fingerprint density at radius 2 is 1.85 bits per heavy atom. The Bertz CT molecular complexity index is 814. The number of fused-ring (bicyclic) bond motifs is 1. The maximum absolute atomic E-state index is 12.2. The summed E-state index contributed by atoms with van der Waals surface area (Å²) in [5, 5.41) is 3.47. The number of rotatable bonds is 2. The minimum absolute atomic E-state index is 0.248. The first-order valence-corrected chi connectivity index (χ1v) is 8.76. The molecule has 0 atom stereocenters. The molecule has 0 radical (unpaired) electrons. The zero-order valence-corrected chi connectivity index (χ0v) is 15.7. The smallest absolute Gasteiger partial charge is 0.410 e. The fourth-order valence-corrected chi connectivity index (χ4v) is 3.01. The maximum atomic E-state index is 12.2. The van der Waals surface area contributed by atoms with Crippen molar-refractivity contribution in [3.05, 3.63) is 30.0 Å². The second-order valence-corrected chi connectivity index (χ2v) is 7.33. The molecule has 1 saturated heterocycles. The highest BCUT2D eigenvalue weighted by Crippen LogP contribution is 2.30. The summed E-state index contributed by atoms with van der Waals surface area (Å²) in [6, 6.07) is 7.54. The summed E-state index contributed by atoms with van der Waals surface area (Å²) in [6.07, 6.45) is -0.277. The topological polar surface area (TPSA) is 75.0 Å². The number of furan rings is 1. The van der Waals surface area contributed by atoms with Crippen LogP contribution in [0.15, 0.2) is 28.7 Å². The van der Waals surface area contributed by atoms with Crippen LogP contribution in [0.5, 0.6) is 0 Å². The number of hydrogen-bond acceptors (Lipinski definition) is 5. The van der Waals surface area contributed by atoms with Gasteiger partial charge in [-0.3, -0.25) is 4.79 Å². The highest BCUT2D eigenvalue weighted by Gasteiger charge is 2.27. The Balaban J connectivity index is 1.74.